The van der Waals surface area contributed by atoms with Gasteiger partial charge in [-0.2, -0.15) is 0 Å². The second-order valence-electron chi connectivity index (χ2n) is 4.42. The number of aryl methyl sites for hydroxylation is 1. The summed E-state index contributed by atoms with van der Waals surface area (Å²) < 4.78 is 0. The van der Waals surface area contributed by atoms with Crippen LogP contribution in [0.3, 0.4) is 0 Å². The molecule has 7 heteroatoms. The van der Waals surface area contributed by atoms with Crippen molar-refractivity contribution in [2.24, 2.45) is 0 Å². The minimum Gasteiger partial charge on any atom is -0.324 e. The lowest BCUT2D eigenvalue weighted by molar-refractivity contribution is -0.384. The topological polar surface area (TPSA) is 85.1 Å². The van der Waals surface area contributed by atoms with Crippen LogP contribution in [-0.2, 0) is 11.2 Å². The summed E-state index contributed by atoms with van der Waals surface area (Å²) in [6, 6.07) is 9.14. The van der Waals surface area contributed by atoms with Gasteiger partial charge in [-0.25, -0.2) is 4.98 Å². The van der Waals surface area contributed by atoms with Crippen molar-refractivity contribution in [2.45, 2.75) is 13.3 Å². The molecule has 2 rings (SSSR count). The number of hydrogen-bond acceptors (Lipinski definition) is 4. The standard InChI is InChI=1S/C14H12ClN3O3/c1-9-12(6-7-13(15)16-9)17-14(19)8-10-2-4-11(5-3-10)18(20)21/h2-7H,8H2,1H3,(H,17,19). The molecule has 21 heavy (non-hydrogen) atoms. The number of pyridine rings is 1. The molecule has 0 aliphatic rings. The van der Waals surface area contributed by atoms with Crippen LogP contribution in [0.4, 0.5) is 11.4 Å². The van der Waals surface area contributed by atoms with Crippen LogP contribution in [0.5, 0.6) is 0 Å². The van der Waals surface area contributed by atoms with Crippen molar-refractivity contribution in [3.63, 3.8) is 0 Å². The van der Waals surface area contributed by atoms with E-state index in [0.717, 1.165) is 0 Å². The maximum atomic E-state index is 11.9. The minimum absolute atomic E-state index is 0.00287. The van der Waals surface area contributed by atoms with Gasteiger partial charge in [-0.3, -0.25) is 14.9 Å². The van der Waals surface area contributed by atoms with Crippen LogP contribution in [0.2, 0.25) is 5.15 Å². The highest BCUT2D eigenvalue weighted by Crippen LogP contribution is 2.17. The molecule has 0 saturated carbocycles. The number of nitro groups is 1. The predicted octanol–water partition coefficient (Wildman–Crippen LogP) is 3.13. The zero-order valence-electron chi connectivity index (χ0n) is 11.2. The number of nitrogens with one attached hydrogen (secondary N) is 1. The average Bonchev–Trinajstić information content (AvgIpc) is 2.42. The maximum Gasteiger partial charge on any atom is 0.269 e. The molecule has 1 aromatic carbocycles. The van der Waals surface area contributed by atoms with Crippen LogP contribution in [0.25, 0.3) is 0 Å². The molecular formula is C14H12ClN3O3. The van der Waals surface area contributed by atoms with Gasteiger partial charge in [0.25, 0.3) is 5.69 Å². The van der Waals surface area contributed by atoms with Crippen molar-refractivity contribution >= 4 is 28.9 Å². The van der Waals surface area contributed by atoms with E-state index in [-0.39, 0.29) is 18.0 Å². The zero-order chi connectivity index (χ0) is 15.4. The Bertz CT molecular complexity index is 686. The first kappa shape index (κ1) is 14.9. The number of benzene rings is 1. The molecule has 0 fully saturated rings. The summed E-state index contributed by atoms with van der Waals surface area (Å²) in [5, 5.41) is 13.6. The molecule has 0 unspecified atom stereocenters. The third-order valence-corrected chi connectivity index (χ3v) is 3.05. The Morgan fingerprint density at radius 3 is 2.52 bits per heavy atom. The SMILES string of the molecule is Cc1nc(Cl)ccc1NC(=O)Cc1ccc([N+](=O)[O-])cc1. The molecule has 0 bridgehead atoms. The van der Waals surface area contributed by atoms with Crippen molar-refractivity contribution in [1.82, 2.24) is 4.98 Å². The van der Waals surface area contributed by atoms with Gasteiger partial charge in [-0.1, -0.05) is 23.7 Å². The Labute approximate surface area is 125 Å². The normalized spacial score (nSPS) is 10.2. The first-order valence-corrected chi connectivity index (χ1v) is 6.50. The van der Waals surface area contributed by atoms with Gasteiger partial charge in [-0.15, -0.1) is 0 Å². The van der Waals surface area contributed by atoms with Gasteiger partial charge >= 0.3 is 0 Å². The third-order valence-electron chi connectivity index (χ3n) is 2.84. The number of carbonyl (C=O) groups excluding carboxylic acids is 1. The smallest absolute Gasteiger partial charge is 0.269 e. The number of nitro benzene ring substituents is 1. The van der Waals surface area contributed by atoms with Crippen molar-refractivity contribution in [3.8, 4) is 0 Å². The molecule has 0 saturated heterocycles. The molecule has 0 aliphatic carbocycles. The minimum atomic E-state index is -0.480. The van der Waals surface area contributed by atoms with Crippen molar-refractivity contribution < 1.29 is 9.72 Å². The van der Waals surface area contributed by atoms with E-state index in [1.807, 2.05) is 0 Å². The van der Waals surface area contributed by atoms with Crippen LogP contribution in [0.1, 0.15) is 11.3 Å². The largest absolute Gasteiger partial charge is 0.324 e. The van der Waals surface area contributed by atoms with Crippen LogP contribution in [0.15, 0.2) is 36.4 Å². The number of nitrogens with zero attached hydrogens (tertiary/aromatic N) is 2. The Morgan fingerprint density at radius 2 is 1.95 bits per heavy atom. The van der Waals surface area contributed by atoms with Crippen LogP contribution < -0.4 is 5.32 Å². The summed E-state index contributed by atoms with van der Waals surface area (Å²) >= 11 is 5.74. The third kappa shape index (κ3) is 4.00. The second-order valence-corrected chi connectivity index (χ2v) is 4.80. The summed E-state index contributed by atoms with van der Waals surface area (Å²) in [4.78, 5) is 26.0. The Morgan fingerprint density at radius 1 is 1.29 bits per heavy atom. The van der Waals surface area contributed by atoms with Gasteiger partial charge in [0.2, 0.25) is 5.91 Å². The lowest BCUT2D eigenvalue weighted by Crippen LogP contribution is -2.15. The summed E-state index contributed by atoms with van der Waals surface area (Å²) in [6.07, 6.45) is 0.125. The summed E-state index contributed by atoms with van der Waals surface area (Å²) in [6.45, 7) is 1.74. The van der Waals surface area contributed by atoms with E-state index in [0.29, 0.717) is 22.1 Å². The number of aromatic nitrogens is 1. The monoisotopic (exact) mass is 305 g/mol. The molecule has 0 radical (unpaired) electrons. The number of amides is 1. The number of halogens is 1. The summed E-state index contributed by atoms with van der Waals surface area (Å²) in [7, 11) is 0. The van der Waals surface area contributed by atoms with Crippen LogP contribution in [-0.4, -0.2) is 15.8 Å². The van der Waals surface area contributed by atoms with Crippen molar-refractivity contribution in [1.29, 1.82) is 0 Å². The highest BCUT2D eigenvalue weighted by Gasteiger charge is 2.09. The Balaban J connectivity index is 2.02. The molecule has 0 atom stereocenters. The van der Waals surface area contributed by atoms with E-state index >= 15 is 0 Å². The van der Waals surface area contributed by atoms with E-state index in [2.05, 4.69) is 10.3 Å². The van der Waals surface area contributed by atoms with Gasteiger partial charge < -0.3 is 5.32 Å². The molecule has 2 aromatic rings. The van der Waals surface area contributed by atoms with Crippen molar-refractivity contribution in [2.75, 3.05) is 5.32 Å². The van der Waals surface area contributed by atoms with Gasteiger partial charge in [0.15, 0.2) is 0 Å². The maximum absolute atomic E-state index is 11.9. The Kier molecular flexibility index (Phi) is 4.49. The quantitative estimate of drug-likeness (QED) is 0.534. The van der Waals surface area contributed by atoms with Gasteiger partial charge in [0.1, 0.15) is 5.15 Å². The summed E-state index contributed by atoms with van der Waals surface area (Å²) in [5.74, 6) is -0.226. The van der Waals surface area contributed by atoms with Crippen LogP contribution >= 0.6 is 11.6 Å². The lowest BCUT2D eigenvalue weighted by atomic mass is 10.1. The molecule has 6 nitrogen and oxygen atoms in total. The number of rotatable bonds is 4. The molecule has 108 valence electrons. The van der Waals surface area contributed by atoms with Crippen molar-refractivity contribution in [3.05, 3.63) is 62.9 Å². The fourth-order valence-electron chi connectivity index (χ4n) is 1.78. The second kappa shape index (κ2) is 6.32. The van der Waals surface area contributed by atoms with E-state index in [1.54, 1.807) is 31.2 Å². The zero-order valence-corrected chi connectivity index (χ0v) is 11.9. The molecule has 1 N–H and O–H groups in total. The number of non-ortho nitro benzene ring substituents is 1. The van der Waals surface area contributed by atoms with E-state index in [9.17, 15) is 14.9 Å². The fourth-order valence-corrected chi connectivity index (χ4v) is 1.97. The highest BCUT2D eigenvalue weighted by molar-refractivity contribution is 6.29. The fraction of sp³-hybridized carbons (Fsp3) is 0.143. The van der Waals surface area contributed by atoms with E-state index < -0.39 is 4.92 Å². The number of hydrogen-bond donors (Lipinski definition) is 1. The van der Waals surface area contributed by atoms with E-state index in [4.69, 9.17) is 11.6 Å². The first-order valence-electron chi connectivity index (χ1n) is 6.12. The molecule has 1 aromatic heterocycles. The predicted molar refractivity (Wildman–Crippen MR) is 79.4 cm³/mol. The highest BCUT2D eigenvalue weighted by atomic mass is 35.5. The van der Waals surface area contributed by atoms with Gasteiger partial charge in [-0.05, 0) is 24.6 Å². The van der Waals surface area contributed by atoms with Gasteiger partial charge in [0.05, 0.1) is 22.7 Å². The first-order chi connectivity index (χ1) is 9.95. The molecular weight excluding hydrogens is 294 g/mol. The number of carbonyl (C=O) groups is 1. The lowest BCUT2D eigenvalue weighted by Gasteiger charge is -2.08. The molecule has 1 amide bonds. The average molecular weight is 306 g/mol. The summed E-state index contributed by atoms with van der Waals surface area (Å²) in [5.41, 5.74) is 1.90. The Hall–Kier alpha value is -2.47. The number of anilines is 1. The molecule has 0 aliphatic heterocycles. The molecule has 0 spiro atoms. The molecule has 1 heterocycles. The van der Waals surface area contributed by atoms with E-state index in [1.165, 1.54) is 12.1 Å². The van der Waals surface area contributed by atoms with Crippen LogP contribution in [0, 0.1) is 17.0 Å². The van der Waals surface area contributed by atoms with Gasteiger partial charge in [0, 0.05) is 12.1 Å².